The third-order valence-electron chi connectivity index (χ3n) is 7.19. The van der Waals surface area contributed by atoms with Crippen molar-refractivity contribution in [2.45, 2.75) is 39.3 Å². The van der Waals surface area contributed by atoms with Crippen LogP contribution in [0.15, 0.2) is 36.7 Å². The Morgan fingerprint density at radius 2 is 1.91 bits per heavy atom. The number of benzene rings is 1. The minimum atomic E-state index is 0.227. The van der Waals surface area contributed by atoms with Gasteiger partial charge in [0.05, 0.1) is 18.3 Å². The zero-order valence-electron chi connectivity index (χ0n) is 18.3. The molecule has 3 aromatic rings. The van der Waals surface area contributed by atoms with Crippen molar-refractivity contribution in [2.75, 3.05) is 18.0 Å². The van der Waals surface area contributed by atoms with Gasteiger partial charge in [0.1, 0.15) is 0 Å². The van der Waals surface area contributed by atoms with E-state index in [2.05, 4.69) is 92.5 Å². The molecule has 2 aliphatic rings. The summed E-state index contributed by atoms with van der Waals surface area (Å²) in [5, 5.41) is 22.9. The van der Waals surface area contributed by atoms with Crippen LogP contribution >= 0.6 is 28.4 Å². The van der Waals surface area contributed by atoms with Gasteiger partial charge in [0.15, 0.2) is 5.82 Å². The van der Waals surface area contributed by atoms with Gasteiger partial charge in [-0.2, -0.15) is 5.10 Å². The molecule has 0 amide bonds. The third-order valence-corrected chi connectivity index (χ3v) is 9.09. The zero-order chi connectivity index (χ0) is 22.3. The second-order valence-corrected chi connectivity index (χ2v) is 11.3. The van der Waals surface area contributed by atoms with E-state index in [1.807, 2.05) is 10.6 Å². The van der Waals surface area contributed by atoms with Gasteiger partial charge in [-0.25, -0.2) is 9.71 Å². The SMILES string of the molecule is Cc1c(-c2cnn(PI)c2)ccc(-c2ccc(N3CC4(CCCB(C#N)C4)C3)nn2)c1C. The summed E-state index contributed by atoms with van der Waals surface area (Å²) < 4.78 is 1.97. The Morgan fingerprint density at radius 1 is 1.12 bits per heavy atom. The Morgan fingerprint density at radius 3 is 2.59 bits per heavy atom. The van der Waals surface area contributed by atoms with E-state index in [4.69, 9.17) is 0 Å². The third kappa shape index (κ3) is 3.95. The van der Waals surface area contributed by atoms with Crippen molar-refractivity contribution in [3.63, 3.8) is 0 Å². The van der Waals surface area contributed by atoms with E-state index in [9.17, 15) is 5.26 Å². The molecule has 0 radical (unpaired) electrons. The summed E-state index contributed by atoms with van der Waals surface area (Å²) in [7, 11) is 0. The van der Waals surface area contributed by atoms with Crippen LogP contribution < -0.4 is 4.90 Å². The van der Waals surface area contributed by atoms with Crippen molar-refractivity contribution in [3.8, 4) is 28.4 Å². The van der Waals surface area contributed by atoms with Crippen LogP contribution in [0.3, 0.4) is 0 Å². The lowest BCUT2D eigenvalue weighted by Crippen LogP contribution is -2.59. The molecule has 1 spiro atoms. The van der Waals surface area contributed by atoms with Gasteiger partial charge in [0.25, 0.3) is 6.71 Å². The number of anilines is 1. The summed E-state index contributed by atoms with van der Waals surface area (Å²) in [6.07, 6.45) is 9.14. The Kier molecular flexibility index (Phi) is 5.98. The molecule has 4 heterocycles. The highest BCUT2D eigenvalue weighted by atomic mass is 127. The Balaban J connectivity index is 1.32. The molecule has 2 saturated heterocycles. The molecule has 6 nitrogen and oxygen atoms in total. The molecular formula is C23H25BIN6P. The van der Waals surface area contributed by atoms with Crippen molar-refractivity contribution in [1.82, 2.24) is 19.7 Å². The van der Waals surface area contributed by atoms with Gasteiger partial charge < -0.3 is 4.90 Å². The number of rotatable bonds is 4. The van der Waals surface area contributed by atoms with Crippen LogP contribution in [-0.2, 0) is 0 Å². The maximum atomic E-state index is 9.31. The Hall–Kier alpha value is -1.98. The highest BCUT2D eigenvalue weighted by molar-refractivity contribution is 14.2. The molecule has 9 heteroatoms. The second-order valence-electron chi connectivity index (χ2n) is 9.22. The first-order chi connectivity index (χ1) is 15.5. The maximum absolute atomic E-state index is 9.31. The highest BCUT2D eigenvalue weighted by Crippen LogP contribution is 2.45. The number of hydrogen-bond acceptors (Lipinski definition) is 5. The van der Waals surface area contributed by atoms with Crippen molar-refractivity contribution in [2.24, 2.45) is 5.41 Å². The lowest BCUT2D eigenvalue weighted by molar-refractivity contribution is 0.209. The normalized spacial score (nSPS) is 17.7. The van der Waals surface area contributed by atoms with Crippen LogP contribution in [0.5, 0.6) is 0 Å². The summed E-state index contributed by atoms with van der Waals surface area (Å²) in [5.74, 6) is 3.43. The maximum Gasteiger partial charge on any atom is 0.268 e. The monoisotopic (exact) mass is 554 g/mol. The summed E-state index contributed by atoms with van der Waals surface area (Å²) >= 11 is 2.34. The molecule has 162 valence electrons. The standard InChI is InChI=1S/C23H25BIN6P/c1-16-17(2)20(5-4-19(16)18-10-27-31(11-18)32-25)21-6-7-22(29-28-21)30-13-23(14-30)8-3-9-24(12-23)15-26/h4-7,10-11,32H,3,8-9,12-14H2,1-2H3. The van der Waals surface area contributed by atoms with E-state index in [0.29, 0.717) is 11.8 Å². The molecule has 2 fully saturated rings. The van der Waals surface area contributed by atoms with E-state index in [1.54, 1.807) is 0 Å². The number of nitrogens with zero attached hydrogens (tertiary/aromatic N) is 6. The number of aromatic nitrogens is 4. The van der Waals surface area contributed by atoms with Crippen LogP contribution in [0.1, 0.15) is 24.0 Å². The van der Waals surface area contributed by atoms with Gasteiger partial charge >= 0.3 is 0 Å². The van der Waals surface area contributed by atoms with Crippen LogP contribution in [0.4, 0.5) is 5.82 Å². The van der Waals surface area contributed by atoms with Crippen molar-refractivity contribution in [3.05, 3.63) is 47.8 Å². The van der Waals surface area contributed by atoms with Gasteiger partial charge in [-0.05, 0) is 71.1 Å². The Labute approximate surface area is 204 Å². The average molecular weight is 554 g/mol. The smallest absolute Gasteiger partial charge is 0.268 e. The minimum absolute atomic E-state index is 0.227. The van der Waals surface area contributed by atoms with Gasteiger partial charge in [-0.3, -0.25) is 0 Å². The largest absolute Gasteiger partial charge is 0.354 e. The van der Waals surface area contributed by atoms with Crippen LogP contribution in [0.25, 0.3) is 22.4 Å². The number of hydrogen-bond donors (Lipinski definition) is 0. The lowest BCUT2D eigenvalue weighted by atomic mass is 9.36. The first-order valence-corrected chi connectivity index (χ1v) is 15.1. The van der Waals surface area contributed by atoms with Gasteiger partial charge in [-0.15, -0.1) is 10.2 Å². The fourth-order valence-corrected chi connectivity index (χ4v) is 6.41. The van der Waals surface area contributed by atoms with Gasteiger partial charge in [0.2, 0.25) is 0 Å². The summed E-state index contributed by atoms with van der Waals surface area (Å²) in [5.41, 5.74) is 7.18. The van der Waals surface area contributed by atoms with E-state index >= 15 is 0 Å². The Bertz CT molecular complexity index is 1180. The van der Waals surface area contributed by atoms with Crippen LogP contribution in [-0.4, -0.2) is 39.6 Å². The summed E-state index contributed by atoms with van der Waals surface area (Å²) in [6.45, 7) is 6.54. The lowest BCUT2D eigenvalue weighted by Gasteiger charge is -2.53. The molecular weight excluding hydrogens is 529 g/mol. The van der Waals surface area contributed by atoms with Crippen LogP contribution in [0.2, 0.25) is 12.6 Å². The highest BCUT2D eigenvalue weighted by Gasteiger charge is 2.47. The fourth-order valence-electron chi connectivity index (χ4n) is 5.33. The van der Waals surface area contributed by atoms with E-state index in [-0.39, 0.29) is 6.71 Å². The van der Waals surface area contributed by atoms with Crippen molar-refractivity contribution >= 4 is 40.9 Å². The minimum Gasteiger partial charge on any atom is -0.354 e. The molecule has 2 aliphatic heterocycles. The molecule has 0 saturated carbocycles. The molecule has 5 rings (SSSR count). The number of nitriles is 1. The molecule has 32 heavy (non-hydrogen) atoms. The first-order valence-electron chi connectivity index (χ1n) is 11.0. The molecule has 1 aromatic carbocycles. The van der Waals surface area contributed by atoms with E-state index in [0.717, 1.165) is 48.4 Å². The van der Waals surface area contributed by atoms with Crippen molar-refractivity contribution < 1.29 is 0 Å². The second kappa shape index (κ2) is 8.76. The quantitative estimate of drug-likeness (QED) is 0.240. The molecule has 2 aromatic heterocycles. The fraction of sp³-hybridized carbons (Fsp3) is 0.391. The summed E-state index contributed by atoms with van der Waals surface area (Å²) in [4.78, 5) is 2.31. The summed E-state index contributed by atoms with van der Waals surface area (Å²) in [6, 6.07) is 8.49. The van der Waals surface area contributed by atoms with Gasteiger partial charge in [-0.1, -0.05) is 31.2 Å². The topological polar surface area (TPSA) is 70.6 Å². The van der Waals surface area contributed by atoms with Crippen molar-refractivity contribution in [1.29, 1.82) is 5.26 Å². The molecule has 0 bridgehead atoms. The number of halogens is 1. The molecule has 1 unspecified atom stereocenters. The van der Waals surface area contributed by atoms with Gasteiger partial charge in [0, 0.05) is 41.8 Å². The molecule has 0 N–H and O–H groups in total. The van der Waals surface area contributed by atoms with E-state index in [1.165, 1.54) is 29.5 Å². The zero-order valence-corrected chi connectivity index (χ0v) is 21.5. The molecule has 1 atom stereocenters. The molecule has 0 aliphatic carbocycles. The first kappa shape index (κ1) is 21.8. The van der Waals surface area contributed by atoms with Crippen LogP contribution in [0, 0.1) is 30.5 Å². The predicted octanol–water partition coefficient (Wildman–Crippen LogP) is 5.57. The predicted molar refractivity (Wildman–Crippen MR) is 141 cm³/mol. The average Bonchev–Trinajstić information content (AvgIpc) is 3.28. The van der Waals surface area contributed by atoms with E-state index < -0.39 is 0 Å².